The highest BCUT2D eigenvalue weighted by atomic mass is 32.2. The monoisotopic (exact) mass is 375 g/mol. The van der Waals surface area contributed by atoms with E-state index in [0.717, 1.165) is 22.7 Å². The Kier molecular flexibility index (Phi) is 5.27. The lowest BCUT2D eigenvalue weighted by Crippen LogP contribution is -2.41. The van der Waals surface area contributed by atoms with Gasteiger partial charge in [-0.25, -0.2) is 9.97 Å². The fourth-order valence-corrected chi connectivity index (χ4v) is 6.21. The summed E-state index contributed by atoms with van der Waals surface area (Å²) in [6.07, 6.45) is 11.3. The zero-order valence-corrected chi connectivity index (χ0v) is 16.3. The molecule has 1 saturated carbocycles. The molecule has 6 heteroatoms. The largest absolute Gasteiger partial charge is 0.352 e. The van der Waals surface area contributed by atoms with Gasteiger partial charge in [0.1, 0.15) is 16.2 Å². The standard InChI is InChI=1S/C19H25N3OS2/c1-12-6-2-4-8-14(12)22-16(23)10-24-18-17-13-7-3-5-9-15(13)25-19(17)21-11-20-18/h11-12,14H,2-10H2,1H3,(H,22,23)/t12-,14+/m0/s1. The van der Waals surface area contributed by atoms with E-state index in [1.54, 1.807) is 18.1 Å². The Balaban J connectivity index is 1.46. The van der Waals surface area contributed by atoms with Crippen molar-refractivity contribution in [3.05, 3.63) is 16.8 Å². The van der Waals surface area contributed by atoms with Gasteiger partial charge in [0.15, 0.2) is 0 Å². The number of hydrogen-bond donors (Lipinski definition) is 1. The number of amides is 1. The molecule has 4 rings (SSSR count). The normalized spacial score (nSPS) is 23.4. The zero-order chi connectivity index (χ0) is 17.2. The van der Waals surface area contributed by atoms with Gasteiger partial charge in [-0.05, 0) is 50.0 Å². The van der Waals surface area contributed by atoms with Crippen LogP contribution in [0.1, 0.15) is 55.9 Å². The molecule has 0 bridgehead atoms. The number of rotatable bonds is 4. The molecule has 1 fully saturated rings. The van der Waals surface area contributed by atoms with Gasteiger partial charge in [-0.3, -0.25) is 4.79 Å². The van der Waals surface area contributed by atoms with E-state index in [9.17, 15) is 4.79 Å². The van der Waals surface area contributed by atoms with E-state index in [0.29, 0.717) is 17.7 Å². The Morgan fingerprint density at radius 3 is 2.96 bits per heavy atom. The van der Waals surface area contributed by atoms with Gasteiger partial charge in [0.05, 0.1) is 5.75 Å². The van der Waals surface area contributed by atoms with Crippen LogP contribution >= 0.6 is 23.1 Å². The van der Waals surface area contributed by atoms with Crippen LogP contribution in [-0.2, 0) is 17.6 Å². The number of thioether (sulfide) groups is 1. The first-order valence-corrected chi connectivity index (χ1v) is 11.2. The lowest BCUT2D eigenvalue weighted by atomic mass is 9.86. The lowest BCUT2D eigenvalue weighted by Gasteiger charge is -2.29. The third kappa shape index (κ3) is 3.70. The van der Waals surface area contributed by atoms with Gasteiger partial charge in [-0.15, -0.1) is 11.3 Å². The van der Waals surface area contributed by atoms with Gasteiger partial charge in [0, 0.05) is 16.3 Å². The predicted molar refractivity (Wildman–Crippen MR) is 104 cm³/mol. The summed E-state index contributed by atoms with van der Waals surface area (Å²) in [5.41, 5.74) is 1.44. The van der Waals surface area contributed by atoms with E-state index >= 15 is 0 Å². The summed E-state index contributed by atoms with van der Waals surface area (Å²) in [7, 11) is 0. The Bertz CT molecular complexity index is 773. The minimum absolute atomic E-state index is 0.139. The number of thiophene rings is 1. The third-order valence-electron chi connectivity index (χ3n) is 5.51. The Morgan fingerprint density at radius 2 is 2.08 bits per heavy atom. The maximum atomic E-state index is 12.4. The summed E-state index contributed by atoms with van der Waals surface area (Å²) in [5, 5.41) is 5.44. The van der Waals surface area contributed by atoms with Crippen LogP contribution in [0.15, 0.2) is 11.4 Å². The molecule has 0 unspecified atom stereocenters. The van der Waals surface area contributed by atoms with Gasteiger partial charge in [0.25, 0.3) is 0 Å². The number of aromatic nitrogens is 2. The van der Waals surface area contributed by atoms with Crippen molar-refractivity contribution >= 4 is 39.2 Å². The molecule has 2 atom stereocenters. The maximum absolute atomic E-state index is 12.4. The van der Waals surface area contributed by atoms with Crippen molar-refractivity contribution in [1.82, 2.24) is 15.3 Å². The highest BCUT2D eigenvalue weighted by Gasteiger charge is 2.24. The summed E-state index contributed by atoms with van der Waals surface area (Å²) < 4.78 is 0. The number of hydrogen-bond acceptors (Lipinski definition) is 5. The molecule has 1 amide bonds. The minimum Gasteiger partial charge on any atom is -0.352 e. The molecule has 0 spiro atoms. The molecular weight excluding hydrogens is 350 g/mol. The second-order valence-electron chi connectivity index (χ2n) is 7.29. The quantitative estimate of drug-likeness (QED) is 0.637. The summed E-state index contributed by atoms with van der Waals surface area (Å²) in [6.45, 7) is 2.25. The van der Waals surface area contributed by atoms with Crippen LogP contribution < -0.4 is 5.32 Å². The SMILES string of the molecule is C[C@H]1CCCC[C@H]1NC(=O)CSc1ncnc2sc3c(c12)CCCC3. The highest BCUT2D eigenvalue weighted by molar-refractivity contribution is 8.00. The minimum atomic E-state index is 0.139. The molecule has 0 aromatic carbocycles. The summed E-state index contributed by atoms with van der Waals surface area (Å²) in [6, 6.07) is 0.348. The Hall–Kier alpha value is -1.14. The molecule has 2 aliphatic rings. The topological polar surface area (TPSA) is 54.9 Å². The van der Waals surface area contributed by atoms with Crippen LogP contribution in [0.2, 0.25) is 0 Å². The smallest absolute Gasteiger partial charge is 0.230 e. The fourth-order valence-electron chi connectivity index (χ4n) is 4.08. The molecule has 2 aliphatic carbocycles. The van der Waals surface area contributed by atoms with Crippen LogP contribution in [0.25, 0.3) is 10.2 Å². The van der Waals surface area contributed by atoms with E-state index in [1.807, 2.05) is 11.3 Å². The maximum Gasteiger partial charge on any atom is 0.230 e. The van der Waals surface area contributed by atoms with Crippen molar-refractivity contribution in [3.63, 3.8) is 0 Å². The molecule has 25 heavy (non-hydrogen) atoms. The molecule has 0 saturated heterocycles. The number of nitrogens with one attached hydrogen (secondary N) is 1. The number of carbonyl (C=O) groups is 1. The predicted octanol–water partition coefficient (Wildman–Crippen LogP) is 4.36. The third-order valence-corrected chi connectivity index (χ3v) is 7.70. The second kappa shape index (κ2) is 7.62. The van der Waals surface area contributed by atoms with Gasteiger partial charge >= 0.3 is 0 Å². The molecule has 0 aliphatic heterocycles. The van der Waals surface area contributed by atoms with Crippen LogP contribution in [0.3, 0.4) is 0 Å². The molecule has 2 aromatic heterocycles. The molecule has 2 heterocycles. The van der Waals surface area contributed by atoms with Crippen molar-refractivity contribution in [2.45, 2.75) is 69.4 Å². The first-order valence-electron chi connectivity index (χ1n) is 9.40. The van der Waals surface area contributed by atoms with Crippen LogP contribution in [0.5, 0.6) is 0 Å². The lowest BCUT2D eigenvalue weighted by molar-refractivity contribution is -0.119. The fraction of sp³-hybridized carbons (Fsp3) is 0.632. The average molecular weight is 376 g/mol. The summed E-state index contributed by atoms with van der Waals surface area (Å²) in [4.78, 5) is 24.0. The van der Waals surface area contributed by atoms with E-state index in [4.69, 9.17) is 0 Å². The van der Waals surface area contributed by atoms with Crippen molar-refractivity contribution in [1.29, 1.82) is 0 Å². The first kappa shape index (κ1) is 17.3. The molecule has 2 aromatic rings. The molecular formula is C19H25N3OS2. The number of aryl methyl sites for hydroxylation is 2. The van der Waals surface area contributed by atoms with Gasteiger partial charge in [-0.2, -0.15) is 0 Å². The van der Waals surface area contributed by atoms with Gasteiger partial charge in [-0.1, -0.05) is 31.5 Å². The van der Waals surface area contributed by atoms with E-state index in [2.05, 4.69) is 22.2 Å². The van der Waals surface area contributed by atoms with Crippen LogP contribution in [-0.4, -0.2) is 27.7 Å². The molecule has 134 valence electrons. The van der Waals surface area contributed by atoms with Gasteiger partial charge in [0.2, 0.25) is 5.91 Å². The molecule has 0 radical (unpaired) electrons. The zero-order valence-electron chi connectivity index (χ0n) is 14.7. The van der Waals surface area contributed by atoms with Crippen molar-refractivity contribution in [3.8, 4) is 0 Å². The van der Waals surface area contributed by atoms with E-state index < -0.39 is 0 Å². The van der Waals surface area contributed by atoms with Gasteiger partial charge < -0.3 is 5.32 Å². The molecule has 1 N–H and O–H groups in total. The summed E-state index contributed by atoms with van der Waals surface area (Å²) >= 11 is 3.38. The average Bonchev–Trinajstić information content (AvgIpc) is 3.01. The number of nitrogens with zero attached hydrogens (tertiary/aromatic N) is 2. The second-order valence-corrected chi connectivity index (χ2v) is 9.34. The van der Waals surface area contributed by atoms with E-state index in [1.165, 1.54) is 54.4 Å². The van der Waals surface area contributed by atoms with Crippen LogP contribution in [0, 0.1) is 5.92 Å². The van der Waals surface area contributed by atoms with Crippen LogP contribution in [0.4, 0.5) is 0 Å². The highest BCUT2D eigenvalue weighted by Crippen LogP contribution is 2.39. The Morgan fingerprint density at radius 1 is 1.24 bits per heavy atom. The summed E-state index contributed by atoms with van der Waals surface area (Å²) in [5.74, 6) is 1.18. The van der Waals surface area contributed by atoms with Crippen molar-refractivity contribution in [2.24, 2.45) is 5.92 Å². The molecule has 4 nitrogen and oxygen atoms in total. The van der Waals surface area contributed by atoms with Crippen molar-refractivity contribution in [2.75, 3.05) is 5.75 Å². The van der Waals surface area contributed by atoms with Crippen molar-refractivity contribution < 1.29 is 4.79 Å². The number of carbonyl (C=O) groups excluding carboxylic acids is 1. The first-order chi connectivity index (χ1) is 12.2. The Labute approximate surface area is 157 Å². The number of fused-ring (bicyclic) bond motifs is 3. The van der Waals surface area contributed by atoms with E-state index in [-0.39, 0.29) is 5.91 Å².